The fourth-order valence-corrected chi connectivity index (χ4v) is 4.86. The Bertz CT molecular complexity index is 1500. The van der Waals surface area contributed by atoms with E-state index in [0.717, 1.165) is 0 Å². The van der Waals surface area contributed by atoms with E-state index in [-0.39, 0.29) is 11.5 Å². The van der Waals surface area contributed by atoms with Crippen LogP contribution < -0.4 is 10.9 Å². The van der Waals surface area contributed by atoms with E-state index in [1.165, 1.54) is 0 Å². The summed E-state index contributed by atoms with van der Waals surface area (Å²) in [5.41, 5.74) is 2.62. The van der Waals surface area contributed by atoms with Gasteiger partial charge in [-0.25, -0.2) is 4.99 Å². The molecule has 1 N–H and O–H groups in total. The van der Waals surface area contributed by atoms with Gasteiger partial charge in [0.1, 0.15) is 0 Å². The maximum absolute atomic E-state index is 13.7. The van der Waals surface area contributed by atoms with Crippen molar-refractivity contribution < 1.29 is 4.79 Å². The van der Waals surface area contributed by atoms with Crippen LogP contribution in [0, 0.1) is 0 Å². The van der Waals surface area contributed by atoms with Crippen molar-refractivity contribution >= 4 is 51.8 Å². The van der Waals surface area contributed by atoms with Crippen LogP contribution in [0.25, 0.3) is 16.5 Å². The first-order chi connectivity index (χ1) is 16.0. The standard InChI is InChI=1S/C25H18Cl2N4O2/c1-14(30-19-11-12-28-18-10-13-29-24(32)21(18)19)23-22(27)16-8-5-9-17(26)20(16)25(33)31(23)15-6-3-2-4-7-15/h2-9,11-14H,10H2,1H3,(H,28,30). The van der Waals surface area contributed by atoms with Crippen LogP contribution in [0.15, 0.2) is 70.6 Å². The molecular formula is C25H18Cl2N4O2. The third-order valence-electron chi connectivity index (χ3n) is 5.67. The molecular weight excluding hydrogens is 459 g/mol. The highest BCUT2D eigenvalue weighted by molar-refractivity contribution is 6.40. The molecule has 3 heterocycles. The van der Waals surface area contributed by atoms with Crippen LogP contribution in [0.5, 0.6) is 0 Å². The van der Waals surface area contributed by atoms with Gasteiger partial charge >= 0.3 is 0 Å². The van der Waals surface area contributed by atoms with Gasteiger partial charge in [-0.15, -0.1) is 0 Å². The number of nitrogens with one attached hydrogen (secondary N) is 1. The highest BCUT2D eigenvalue weighted by atomic mass is 35.5. The zero-order valence-corrected chi connectivity index (χ0v) is 19.1. The van der Waals surface area contributed by atoms with Crippen LogP contribution in [-0.2, 0) is 6.42 Å². The Balaban J connectivity index is 1.73. The molecule has 4 aromatic rings. The maximum Gasteiger partial charge on any atom is 0.280 e. The molecule has 33 heavy (non-hydrogen) atoms. The summed E-state index contributed by atoms with van der Waals surface area (Å²) in [6.07, 6.45) is 3.68. The molecule has 1 aliphatic rings. The van der Waals surface area contributed by atoms with Crippen LogP contribution in [-0.4, -0.2) is 21.7 Å². The van der Waals surface area contributed by atoms with Gasteiger partial charge in [-0.05, 0) is 31.2 Å². The Labute approximate surface area is 199 Å². The normalized spacial score (nSPS) is 13.7. The van der Waals surface area contributed by atoms with Crippen molar-refractivity contribution in [1.82, 2.24) is 9.55 Å². The molecule has 0 aliphatic carbocycles. The fraction of sp³-hybridized carbons (Fsp3) is 0.120. The van der Waals surface area contributed by atoms with Crippen molar-refractivity contribution in [2.75, 3.05) is 5.32 Å². The number of aliphatic imine (C=N–C) groups is 1. The van der Waals surface area contributed by atoms with Crippen molar-refractivity contribution in [2.45, 2.75) is 19.4 Å². The molecule has 0 saturated heterocycles. The highest BCUT2D eigenvalue weighted by Gasteiger charge is 2.25. The quantitative estimate of drug-likeness (QED) is 0.413. The smallest absolute Gasteiger partial charge is 0.280 e. The third kappa shape index (κ3) is 3.61. The first-order valence-electron chi connectivity index (χ1n) is 10.4. The number of benzene rings is 2. The first kappa shape index (κ1) is 21.4. The second-order valence-electron chi connectivity index (χ2n) is 7.70. The number of carbonyl (C=O) groups excluding carboxylic acids is 1. The average Bonchev–Trinajstić information content (AvgIpc) is 2.81. The summed E-state index contributed by atoms with van der Waals surface area (Å²) < 4.78 is 1.57. The van der Waals surface area contributed by atoms with Gasteiger partial charge in [0.2, 0.25) is 0 Å². The first-order valence-corrected chi connectivity index (χ1v) is 11.1. The van der Waals surface area contributed by atoms with E-state index in [0.29, 0.717) is 55.6 Å². The van der Waals surface area contributed by atoms with Gasteiger partial charge in [-0.3, -0.25) is 19.1 Å². The number of carbonyl (C=O) groups is 1. The lowest BCUT2D eigenvalue weighted by Gasteiger charge is -2.25. The van der Waals surface area contributed by atoms with Crippen LogP contribution in [0.4, 0.5) is 5.69 Å². The molecule has 0 saturated carbocycles. The topological polar surface area (TPSA) is 76.3 Å². The van der Waals surface area contributed by atoms with Crippen molar-refractivity contribution in [3.05, 3.63) is 98.1 Å². The molecule has 0 fully saturated rings. The van der Waals surface area contributed by atoms with E-state index in [1.54, 1.807) is 41.2 Å². The number of pyridine rings is 2. The summed E-state index contributed by atoms with van der Waals surface area (Å²) >= 11 is 13.3. The summed E-state index contributed by atoms with van der Waals surface area (Å²) in [5.74, 6) is -0.351. The molecule has 1 unspecified atom stereocenters. The molecule has 6 nitrogen and oxygen atoms in total. The van der Waals surface area contributed by atoms with Crippen molar-refractivity contribution in [3.63, 3.8) is 0 Å². The van der Waals surface area contributed by atoms with Crippen molar-refractivity contribution in [2.24, 2.45) is 4.99 Å². The minimum atomic E-state index is -0.445. The summed E-state index contributed by atoms with van der Waals surface area (Å²) in [6, 6.07) is 15.8. The zero-order valence-electron chi connectivity index (χ0n) is 17.5. The average molecular weight is 477 g/mol. The number of fused-ring (bicyclic) bond motifs is 2. The van der Waals surface area contributed by atoms with E-state index >= 15 is 0 Å². The SMILES string of the molecule is CC(Nc1ccnc2c1C(=O)N=CC2)c1c(Cl)c2cccc(Cl)c2c(=O)n1-c1ccccc1. The molecule has 1 aliphatic heterocycles. The fourth-order valence-electron chi connectivity index (χ4n) is 4.20. The van der Waals surface area contributed by atoms with E-state index < -0.39 is 6.04 Å². The van der Waals surface area contributed by atoms with Crippen LogP contribution >= 0.6 is 23.2 Å². The third-order valence-corrected chi connectivity index (χ3v) is 6.38. The van der Waals surface area contributed by atoms with E-state index in [9.17, 15) is 9.59 Å². The highest BCUT2D eigenvalue weighted by Crippen LogP contribution is 2.35. The summed E-state index contributed by atoms with van der Waals surface area (Å²) in [4.78, 5) is 34.4. The Morgan fingerprint density at radius 3 is 2.61 bits per heavy atom. The van der Waals surface area contributed by atoms with Gasteiger partial charge in [-0.1, -0.05) is 53.5 Å². The maximum atomic E-state index is 13.7. The zero-order chi connectivity index (χ0) is 23.1. The van der Waals surface area contributed by atoms with Gasteiger partial charge < -0.3 is 5.32 Å². The number of para-hydroxylation sites is 1. The van der Waals surface area contributed by atoms with Gasteiger partial charge in [-0.2, -0.15) is 0 Å². The molecule has 164 valence electrons. The van der Waals surface area contributed by atoms with E-state index in [1.807, 2.05) is 37.3 Å². The van der Waals surface area contributed by atoms with Crippen molar-refractivity contribution in [3.8, 4) is 5.69 Å². The molecule has 1 atom stereocenters. The largest absolute Gasteiger partial charge is 0.376 e. The predicted octanol–water partition coefficient (Wildman–Crippen LogP) is 5.63. The Morgan fingerprint density at radius 1 is 1.03 bits per heavy atom. The van der Waals surface area contributed by atoms with Gasteiger partial charge in [0, 0.05) is 29.9 Å². The van der Waals surface area contributed by atoms with Gasteiger partial charge in [0.25, 0.3) is 11.5 Å². The van der Waals surface area contributed by atoms with Gasteiger partial charge in [0.05, 0.1) is 44.1 Å². The van der Waals surface area contributed by atoms with E-state index in [2.05, 4.69) is 15.3 Å². The second-order valence-corrected chi connectivity index (χ2v) is 8.49. The Hall–Kier alpha value is -3.48. The molecule has 5 rings (SSSR count). The van der Waals surface area contributed by atoms with Crippen LogP contribution in [0.1, 0.15) is 34.7 Å². The lowest BCUT2D eigenvalue weighted by atomic mass is 10.0. The molecule has 1 amide bonds. The number of amides is 1. The van der Waals surface area contributed by atoms with E-state index in [4.69, 9.17) is 23.2 Å². The Morgan fingerprint density at radius 2 is 1.82 bits per heavy atom. The summed E-state index contributed by atoms with van der Waals surface area (Å²) in [7, 11) is 0. The molecule has 8 heteroatoms. The van der Waals surface area contributed by atoms with Crippen molar-refractivity contribution in [1.29, 1.82) is 0 Å². The minimum Gasteiger partial charge on any atom is -0.376 e. The molecule has 0 radical (unpaired) electrons. The number of hydrogen-bond acceptors (Lipinski definition) is 4. The lowest BCUT2D eigenvalue weighted by Crippen LogP contribution is -2.27. The molecule has 2 aromatic heterocycles. The predicted molar refractivity (Wildman–Crippen MR) is 132 cm³/mol. The number of hydrogen-bond donors (Lipinski definition) is 1. The van der Waals surface area contributed by atoms with Gasteiger partial charge in [0.15, 0.2) is 0 Å². The molecule has 0 spiro atoms. The number of rotatable bonds is 4. The monoisotopic (exact) mass is 476 g/mol. The number of aromatic nitrogens is 2. The van der Waals surface area contributed by atoms with Crippen LogP contribution in [0.3, 0.4) is 0 Å². The molecule has 2 aromatic carbocycles. The second kappa shape index (κ2) is 8.46. The molecule has 0 bridgehead atoms. The number of anilines is 1. The van der Waals surface area contributed by atoms with Crippen LogP contribution in [0.2, 0.25) is 10.0 Å². The lowest BCUT2D eigenvalue weighted by molar-refractivity contribution is 0.100. The summed E-state index contributed by atoms with van der Waals surface area (Å²) in [6.45, 7) is 1.89. The summed E-state index contributed by atoms with van der Waals surface area (Å²) in [5, 5.41) is 5.03. The minimum absolute atomic E-state index is 0.271. The Kier molecular flexibility index (Phi) is 5.48. The number of nitrogens with zero attached hydrogens (tertiary/aromatic N) is 3. The number of halogens is 2.